The van der Waals surface area contributed by atoms with Crippen molar-refractivity contribution >= 4 is 33.4 Å². The molecule has 7 heteroatoms. The molecule has 0 saturated heterocycles. The Balaban J connectivity index is 1.89. The highest BCUT2D eigenvalue weighted by Gasteiger charge is 2.28. The lowest BCUT2D eigenvalue weighted by Gasteiger charge is -2.26. The minimum Gasteiger partial charge on any atom is -0.348 e. The van der Waals surface area contributed by atoms with E-state index in [1.54, 1.807) is 48.2 Å². The van der Waals surface area contributed by atoms with Crippen molar-refractivity contribution in [3.63, 3.8) is 0 Å². The van der Waals surface area contributed by atoms with Crippen LogP contribution in [0.25, 0.3) is 0 Å². The zero-order valence-corrected chi connectivity index (χ0v) is 21.0. The molecule has 3 rings (SSSR count). The number of thioether (sulfide) groups is 1. The normalized spacial score (nSPS) is 12.2. The van der Waals surface area contributed by atoms with Crippen molar-refractivity contribution < 1.29 is 13.2 Å². The Kier molecular flexibility index (Phi) is 8.21. The van der Waals surface area contributed by atoms with E-state index < -0.39 is 10.0 Å². The molecule has 0 saturated carbocycles. The lowest BCUT2D eigenvalue weighted by Crippen LogP contribution is -2.42. The van der Waals surface area contributed by atoms with Crippen LogP contribution in [-0.4, -0.2) is 27.1 Å². The highest BCUT2D eigenvalue weighted by atomic mass is 32.2. The summed E-state index contributed by atoms with van der Waals surface area (Å²) >= 11 is 1.54. The molecule has 5 nitrogen and oxygen atoms in total. The third-order valence-electron chi connectivity index (χ3n) is 5.48. The average molecular weight is 483 g/mol. The number of hydrogen-bond acceptors (Lipinski definition) is 4. The lowest BCUT2D eigenvalue weighted by atomic mass is 10.0. The summed E-state index contributed by atoms with van der Waals surface area (Å²) < 4.78 is 28.3. The van der Waals surface area contributed by atoms with Crippen molar-refractivity contribution in [3.8, 4) is 0 Å². The second kappa shape index (κ2) is 10.9. The van der Waals surface area contributed by atoms with Gasteiger partial charge in [-0.15, -0.1) is 11.8 Å². The third-order valence-corrected chi connectivity index (χ3v) is 8.01. The van der Waals surface area contributed by atoms with Crippen molar-refractivity contribution in [1.82, 2.24) is 5.32 Å². The van der Waals surface area contributed by atoms with Crippen LogP contribution in [0.2, 0.25) is 0 Å². The van der Waals surface area contributed by atoms with Crippen LogP contribution in [-0.2, 0) is 14.8 Å². The van der Waals surface area contributed by atoms with E-state index in [1.807, 2.05) is 63.4 Å². The number of carbonyl (C=O) groups excluding carboxylic acids is 1. The highest BCUT2D eigenvalue weighted by Crippen LogP contribution is 2.26. The summed E-state index contributed by atoms with van der Waals surface area (Å²) in [5.74, 6) is -0.354. The van der Waals surface area contributed by atoms with E-state index in [1.165, 1.54) is 4.31 Å². The van der Waals surface area contributed by atoms with Gasteiger partial charge in [-0.3, -0.25) is 9.10 Å². The van der Waals surface area contributed by atoms with Crippen LogP contribution in [0.1, 0.15) is 36.1 Å². The largest absolute Gasteiger partial charge is 0.348 e. The van der Waals surface area contributed by atoms with E-state index in [0.717, 1.165) is 21.6 Å². The maximum atomic E-state index is 13.6. The standard InChI is InChI=1S/C26H30N2O3S2/c1-5-25(21-10-6-19(2)7-11-21)27-26(29)18-28(22-12-8-20(3)9-13-22)33(30,31)24-16-14-23(32-4)15-17-24/h6-17,25H,5,18H2,1-4H3,(H,27,29)/t25-/m1/s1. The maximum Gasteiger partial charge on any atom is 0.264 e. The maximum absolute atomic E-state index is 13.6. The molecule has 0 aromatic heterocycles. The first-order valence-electron chi connectivity index (χ1n) is 10.8. The highest BCUT2D eigenvalue weighted by molar-refractivity contribution is 7.98. The fraction of sp³-hybridized carbons (Fsp3) is 0.269. The number of aryl methyl sites for hydroxylation is 2. The summed E-state index contributed by atoms with van der Waals surface area (Å²) in [4.78, 5) is 14.2. The molecular weight excluding hydrogens is 452 g/mol. The van der Waals surface area contributed by atoms with E-state index in [2.05, 4.69) is 5.32 Å². The van der Waals surface area contributed by atoms with E-state index in [4.69, 9.17) is 0 Å². The Morgan fingerprint density at radius 2 is 1.45 bits per heavy atom. The van der Waals surface area contributed by atoms with Gasteiger partial charge in [0.1, 0.15) is 6.54 Å². The second-order valence-electron chi connectivity index (χ2n) is 7.96. The molecule has 0 radical (unpaired) electrons. The van der Waals surface area contributed by atoms with E-state index in [9.17, 15) is 13.2 Å². The minimum atomic E-state index is -3.94. The minimum absolute atomic E-state index is 0.152. The second-order valence-corrected chi connectivity index (χ2v) is 10.7. The predicted molar refractivity (Wildman–Crippen MR) is 136 cm³/mol. The first kappa shape index (κ1) is 24.9. The molecule has 0 heterocycles. The lowest BCUT2D eigenvalue weighted by molar-refractivity contribution is -0.120. The average Bonchev–Trinajstić information content (AvgIpc) is 2.82. The monoisotopic (exact) mass is 482 g/mol. The van der Waals surface area contributed by atoms with Crippen molar-refractivity contribution in [1.29, 1.82) is 0 Å². The molecule has 0 aliphatic heterocycles. The number of nitrogens with zero attached hydrogens (tertiary/aromatic N) is 1. The molecule has 1 amide bonds. The molecule has 3 aromatic rings. The SMILES string of the molecule is CC[C@@H](NC(=O)CN(c1ccc(C)cc1)S(=O)(=O)c1ccc(SC)cc1)c1ccc(C)cc1. The van der Waals surface area contributed by atoms with Gasteiger partial charge in [-0.05, 0) is 68.5 Å². The van der Waals surface area contributed by atoms with Crippen LogP contribution in [0.3, 0.4) is 0 Å². The number of benzene rings is 3. The Morgan fingerprint density at radius 1 is 0.909 bits per heavy atom. The van der Waals surface area contributed by atoms with Gasteiger partial charge in [0.2, 0.25) is 5.91 Å². The van der Waals surface area contributed by atoms with Crippen molar-refractivity contribution in [2.75, 3.05) is 17.1 Å². The van der Waals surface area contributed by atoms with Crippen molar-refractivity contribution in [3.05, 3.63) is 89.5 Å². The summed E-state index contributed by atoms with van der Waals surface area (Å²) in [6.07, 6.45) is 2.63. The summed E-state index contributed by atoms with van der Waals surface area (Å²) in [5.41, 5.74) is 3.60. The zero-order valence-electron chi connectivity index (χ0n) is 19.4. The molecule has 0 spiro atoms. The van der Waals surface area contributed by atoms with E-state index >= 15 is 0 Å². The topological polar surface area (TPSA) is 66.5 Å². The smallest absolute Gasteiger partial charge is 0.264 e. The molecule has 1 N–H and O–H groups in total. The number of nitrogens with one attached hydrogen (secondary N) is 1. The molecule has 33 heavy (non-hydrogen) atoms. The van der Waals surface area contributed by atoms with Crippen LogP contribution in [0.5, 0.6) is 0 Å². The van der Waals surface area contributed by atoms with E-state index in [0.29, 0.717) is 12.1 Å². The Bertz CT molecular complexity index is 1170. The first-order chi connectivity index (χ1) is 15.7. The molecule has 1 atom stereocenters. The fourth-order valence-electron chi connectivity index (χ4n) is 3.49. The Hall–Kier alpha value is -2.77. The number of sulfonamides is 1. The quantitative estimate of drug-likeness (QED) is 0.410. The van der Waals surface area contributed by atoms with Crippen LogP contribution in [0, 0.1) is 13.8 Å². The summed E-state index contributed by atoms with van der Waals surface area (Å²) in [6, 6.07) is 21.7. The number of anilines is 1. The van der Waals surface area contributed by atoms with Crippen molar-refractivity contribution in [2.45, 2.75) is 43.0 Å². The Labute approximate surface area is 201 Å². The molecule has 0 fully saturated rings. The molecule has 0 unspecified atom stereocenters. The van der Waals surface area contributed by atoms with Gasteiger partial charge >= 0.3 is 0 Å². The van der Waals surface area contributed by atoms with Gasteiger partial charge in [-0.2, -0.15) is 0 Å². The summed E-state index contributed by atoms with van der Waals surface area (Å²) in [6.45, 7) is 5.63. The van der Waals surface area contributed by atoms with Crippen LogP contribution >= 0.6 is 11.8 Å². The predicted octanol–water partition coefficient (Wildman–Crippen LogP) is 5.49. The molecular formula is C26H30N2O3S2. The van der Waals surface area contributed by atoms with Gasteiger partial charge in [-0.1, -0.05) is 54.4 Å². The van der Waals surface area contributed by atoms with Gasteiger partial charge < -0.3 is 5.32 Å². The van der Waals surface area contributed by atoms with Gasteiger partial charge in [0.05, 0.1) is 16.6 Å². The van der Waals surface area contributed by atoms with E-state index in [-0.39, 0.29) is 23.4 Å². The van der Waals surface area contributed by atoms with Gasteiger partial charge in [0.25, 0.3) is 10.0 Å². The number of hydrogen-bond donors (Lipinski definition) is 1. The fourth-order valence-corrected chi connectivity index (χ4v) is 5.32. The van der Waals surface area contributed by atoms with Gasteiger partial charge in [0, 0.05) is 4.90 Å². The molecule has 0 aliphatic rings. The van der Waals surface area contributed by atoms with Gasteiger partial charge in [-0.25, -0.2) is 8.42 Å². The summed E-state index contributed by atoms with van der Waals surface area (Å²) in [5, 5.41) is 3.01. The number of carbonyl (C=O) groups is 1. The zero-order chi connectivity index (χ0) is 24.0. The molecule has 0 aliphatic carbocycles. The van der Waals surface area contributed by atoms with Crippen molar-refractivity contribution in [2.24, 2.45) is 0 Å². The van der Waals surface area contributed by atoms with Gasteiger partial charge in [0.15, 0.2) is 0 Å². The van der Waals surface area contributed by atoms with Crippen LogP contribution < -0.4 is 9.62 Å². The molecule has 3 aromatic carbocycles. The third kappa shape index (κ3) is 6.18. The summed E-state index contributed by atoms with van der Waals surface area (Å²) in [7, 11) is -3.94. The number of rotatable bonds is 9. The molecule has 174 valence electrons. The van der Waals surface area contributed by atoms with Crippen LogP contribution in [0.15, 0.2) is 82.6 Å². The van der Waals surface area contributed by atoms with Crippen LogP contribution in [0.4, 0.5) is 5.69 Å². The number of amides is 1. The molecule has 0 bridgehead atoms. The first-order valence-corrected chi connectivity index (χ1v) is 13.5. The Morgan fingerprint density at radius 3 is 1.97 bits per heavy atom.